The van der Waals surface area contributed by atoms with E-state index in [0.717, 1.165) is 0 Å². The molecule has 0 saturated heterocycles. The van der Waals surface area contributed by atoms with Gasteiger partial charge in [0.25, 0.3) is 5.69 Å². The molecule has 0 unspecified atom stereocenters. The zero-order valence-corrected chi connectivity index (χ0v) is 7.17. The molecule has 13 heavy (non-hydrogen) atoms. The first kappa shape index (κ1) is 9.31. The fourth-order valence-corrected chi connectivity index (χ4v) is 0.911. The zero-order valence-electron chi connectivity index (χ0n) is 7.17. The highest BCUT2D eigenvalue weighted by molar-refractivity contribution is 5.37. The molecule has 1 rings (SSSR count). The summed E-state index contributed by atoms with van der Waals surface area (Å²) in [5.41, 5.74) is 0.230. The molecule has 1 aromatic rings. The van der Waals surface area contributed by atoms with Gasteiger partial charge in [-0.3, -0.25) is 0 Å². The van der Waals surface area contributed by atoms with E-state index in [1.165, 1.54) is 12.1 Å². The molecule has 70 valence electrons. The average molecular weight is 182 g/mol. The van der Waals surface area contributed by atoms with Crippen LogP contribution in [0.1, 0.15) is 6.92 Å². The Morgan fingerprint density at radius 2 is 2.38 bits per heavy atom. The molecule has 5 heteroatoms. The minimum atomic E-state index is 0.114. The molecule has 1 aromatic carbocycles. The second-order valence-electron chi connectivity index (χ2n) is 2.29. The highest BCUT2D eigenvalue weighted by atomic mass is 16.6. The summed E-state index contributed by atoms with van der Waals surface area (Å²) in [4.78, 5) is 0.114. The monoisotopic (exact) mass is 182 g/mol. The Kier molecular flexibility index (Phi) is 3.08. The molecule has 0 bridgehead atoms. The van der Waals surface area contributed by atoms with Crippen LogP contribution >= 0.6 is 0 Å². The molecule has 0 aliphatic carbocycles. The Morgan fingerprint density at radius 1 is 1.62 bits per heavy atom. The van der Waals surface area contributed by atoms with E-state index in [2.05, 4.69) is 5.28 Å². The molecule has 0 aromatic heterocycles. The molecule has 0 aliphatic heterocycles. The molecule has 0 atom stereocenters. The van der Waals surface area contributed by atoms with Gasteiger partial charge in [0.15, 0.2) is 0 Å². The SMILES string of the molecule is CCOc1cccc(/[N+]([O-])=N/O)c1. The van der Waals surface area contributed by atoms with Gasteiger partial charge in [-0.2, -0.15) is 0 Å². The van der Waals surface area contributed by atoms with E-state index < -0.39 is 0 Å². The third-order valence-corrected chi connectivity index (χ3v) is 1.43. The molecule has 5 nitrogen and oxygen atoms in total. The molecule has 0 heterocycles. The summed E-state index contributed by atoms with van der Waals surface area (Å²) in [5, 5.41) is 21.5. The fourth-order valence-electron chi connectivity index (χ4n) is 0.911. The molecular weight excluding hydrogens is 172 g/mol. The number of ether oxygens (including phenoxy) is 1. The van der Waals surface area contributed by atoms with Crippen molar-refractivity contribution in [2.45, 2.75) is 6.92 Å². The standard InChI is InChI=1S/C8H10N2O3/c1-2-13-8-5-3-4-7(6-8)10(12)9-11/h3-6,11H,2H2,1H3/b10-9-. The minimum Gasteiger partial charge on any atom is -0.592 e. The molecule has 0 saturated carbocycles. The van der Waals surface area contributed by atoms with Crippen molar-refractivity contribution in [3.63, 3.8) is 0 Å². The summed E-state index contributed by atoms with van der Waals surface area (Å²) in [6.45, 7) is 2.37. The van der Waals surface area contributed by atoms with Gasteiger partial charge in [-0.15, -0.1) is 0 Å². The van der Waals surface area contributed by atoms with Crippen LogP contribution in [0.4, 0.5) is 5.69 Å². The van der Waals surface area contributed by atoms with Gasteiger partial charge in [0.1, 0.15) is 5.75 Å². The number of hydrogen-bond donors (Lipinski definition) is 1. The molecule has 0 amide bonds. The summed E-state index contributed by atoms with van der Waals surface area (Å²) in [7, 11) is 0. The van der Waals surface area contributed by atoms with Gasteiger partial charge in [0, 0.05) is 6.07 Å². The molecule has 0 spiro atoms. The largest absolute Gasteiger partial charge is 0.592 e. The van der Waals surface area contributed by atoms with Crippen molar-refractivity contribution in [3.8, 4) is 5.75 Å². The lowest BCUT2D eigenvalue weighted by Gasteiger charge is -2.02. The normalized spacial score (nSPS) is 11.3. The van der Waals surface area contributed by atoms with Gasteiger partial charge in [-0.1, -0.05) is 6.07 Å². The Bertz CT molecular complexity index is 312. The first-order chi connectivity index (χ1) is 6.27. The van der Waals surface area contributed by atoms with Crippen molar-refractivity contribution >= 4 is 5.69 Å². The number of rotatable bonds is 3. The second-order valence-corrected chi connectivity index (χ2v) is 2.29. The first-order valence-electron chi connectivity index (χ1n) is 3.83. The first-order valence-corrected chi connectivity index (χ1v) is 3.83. The summed E-state index contributed by atoms with van der Waals surface area (Å²) in [5.74, 6) is 0.574. The van der Waals surface area contributed by atoms with Crippen molar-refractivity contribution in [3.05, 3.63) is 29.5 Å². The highest BCUT2D eigenvalue weighted by Gasteiger charge is 2.04. The fraction of sp³-hybridized carbons (Fsp3) is 0.250. The van der Waals surface area contributed by atoms with Crippen LogP contribution < -0.4 is 4.74 Å². The number of nitrogens with zero attached hydrogens (tertiary/aromatic N) is 2. The Hall–Kier alpha value is -1.78. The van der Waals surface area contributed by atoms with Gasteiger partial charge < -0.3 is 15.2 Å². The van der Waals surface area contributed by atoms with E-state index in [1.54, 1.807) is 12.1 Å². The Morgan fingerprint density at radius 3 is 3.00 bits per heavy atom. The van der Waals surface area contributed by atoms with Crippen LogP contribution in [-0.4, -0.2) is 16.7 Å². The molecular formula is C8H10N2O3. The topological polar surface area (TPSA) is 67.9 Å². The smallest absolute Gasteiger partial charge is 0.251 e. The summed E-state index contributed by atoms with van der Waals surface area (Å²) in [6, 6.07) is 6.39. The van der Waals surface area contributed by atoms with Crippen LogP contribution in [0, 0.1) is 5.21 Å². The zero-order chi connectivity index (χ0) is 9.68. The summed E-state index contributed by atoms with van der Waals surface area (Å²) >= 11 is 0. The maximum Gasteiger partial charge on any atom is 0.251 e. The summed E-state index contributed by atoms with van der Waals surface area (Å²) < 4.78 is 5.15. The van der Waals surface area contributed by atoms with E-state index >= 15 is 0 Å². The lowest BCUT2D eigenvalue weighted by molar-refractivity contribution is -0.473. The second kappa shape index (κ2) is 4.30. The highest BCUT2D eigenvalue weighted by Crippen LogP contribution is 2.19. The molecule has 0 fully saturated rings. The van der Waals surface area contributed by atoms with Crippen LogP contribution in [0.3, 0.4) is 0 Å². The van der Waals surface area contributed by atoms with Crippen LogP contribution in [0.15, 0.2) is 29.5 Å². The molecule has 1 N–H and O–H groups in total. The van der Waals surface area contributed by atoms with E-state index in [0.29, 0.717) is 12.4 Å². The van der Waals surface area contributed by atoms with E-state index in [1.807, 2.05) is 6.92 Å². The number of benzene rings is 1. The van der Waals surface area contributed by atoms with Crippen LogP contribution in [0.2, 0.25) is 0 Å². The van der Waals surface area contributed by atoms with E-state index in [4.69, 9.17) is 9.94 Å². The third-order valence-electron chi connectivity index (χ3n) is 1.43. The predicted molar refractivity (Wildman–Crippen MR) is 45.1 cm³/mol. The van der Waals surface area contributed by atoms with Crippen molar-refractivity contribution < 1.29 is 14.8 Å². The van der Waals surface area contributed by atoms with E-state index in [-0.39, 0.29) is 10.5 Å². The van der Waals surface area contributed by atoms with Gasteiger partial charge in [0.05, 0.1) is 12.7 Å². The van der Waals surface area contributed by atoms with Gasteiger partial charge in [-0.25, -0.2) is 0 Å². The van der Waals surface area contributed by atoms with Crippen molar-refractivity contribution in [1.82, 2.24) is 0 Å². The predicted octanol–water partition coefficient (Wildman–Crippen LogP) is 2.07. The maximum absolute atomic E-state index is 10.8. The maximum atomic E-state index is 10.8. The lowest BCUT2D eigenvalue weighted by Crippen LogP contribution is -1.94. The van der Waals surface area contributed by atoms with Gasteiger partial charge in [-0.05, 0) is 17.9 Å². The van der Waals surface area contributed by atoms with Crippen LogP contribution in [0.5, 0.6) is 5.75 Å². The summed E-state index contributed by atoms with van der Waals surface area (Å²) in [6.07, 6.45) is 0. The Balaban J connectivity index is 2.91. The van der Waals surface area contributed by atoms with Crippen LogP contribution in [-0.2, 0) is 0 Å². The Labute approximate surface area is 75.4 Å². The van der Waals surface area contributed by atoms with Crippen molar-refractivity contribution in [2.24, 2.45) is 5.28 Å². The average Bonchev–Trinajstić information content (AvgIpc) is 2.18. The molecule has 0 radical (unpaired) electrons. The van der Waals surface area contributed by atoms with E-state index in [9.17, 15) is 5.21 Å². The van der Waals surface area contributed by atoms with Crippen LogP contribution in [0.25, 0.3) is 0 Å². The minimum absolute atomic E-state index is 0.114. The third kappa shape index (κ3) is 2.33. The molecule has 0 aliphatic rings. The van der Waals surface area contributed by atoms with Crippen molar-refractivity contribution in [2.75, 3.05) is 6.61 Å². The number of hydrogen-bond acceptors (Lipinski definition) is 3. The van der Waals surface area contributed by atoms with Gasteiger partial charge >= 0.3 is 0 Å². The lowest BCUT2D eigenvalue weighted by atomic mass is 10.3. The van der Waals surface area contributed by atoms with Crippen molar-refractivity contribution in [1.29, 1.82) is 0 Å². The van der Waals surface area contributed by atoms with Gasteiger partial charge in [0.2, 0.25) is 5.28 Å². The quantitative estimate of drug-likeness (QED) is 0.442.